The lowest BCUT2D eigenvalue weighted by Gasteiger charge is -1.65. The molecule has 0 bridgehead atoms. The van der Waals surface area contributed by atoms with Crippen LogP contribution in [0.5, 0.6) is 0 Å². The normalized spacial score (nSPS) is 6.62. The third kappa shape index (κ3) is 16.3. The van der Waals surface area contributed by atoms with Crippen LogP contribution in [-0.2, 0) is 10.7 Å². The Hall–Kier alpha value is 0.270. The zero-order valence-electron chi connectivity index (χ0n) is 4.07. The standard InChI is InChI=1S/C3H6O2S.2ClH/c1-2-3-6(4)5;;/h2,6H,1,3H2;2*1H. The summed E-state index contributed by atoms with van der Waals surface area (Å²) >= 11 is 0. The second kappa shape index (κ2) is 10.3. The molecule has 0 aromatic carbocycles. The molecule has 0 amide bonds. The summed E-state index contributed by atoms with van der Waals surface area (Å²) in [6.45, 7) is 3.22. The van der Waals surface area contributed by atoms with Gasteiger partial charge in [-0.25, -0.2) is 8.42 Å². The van der Waals surface area contributed by atoms with Crippen LogP contribution in [0.25, 0.3) is 0 Å². The van der Waals surface area contributed by atoms with Crippen molar-refractivity contribution in [2.75, 3.05) is 5.75 Å². The van der Waals surface area contributed by atoms with Crippen LogP contribution in [0.1, 0.15) is 0 Å². The van der Waals surface area contributed by atoms with Gasteiger partial charge in [-0.05, 0) is 0 Å². The van der Waals surface area contributed by atoms with E-state index < -0.39 is 10.7 Å². The lowest BCUT2D eigenvalue weighted by Crippen LogP contribution is -1.76. The van der Waals surface area contributed by atoms with Crippen molar-refractivity contribution in [2.24, 2.45) is 0 Å². The second-order valence-electron chi connectivity index (χ2n) is 0.804. The highest BCUT2D eigenvalue weighted by molar-refractivity contribution is 7.72. The first-order chi connectivity index (χ1) is 2.77. The van der Waals surface area contributed by atoms with Gasteiger partial charge in [0.2, 0.25) is 0 Å². The molecule has 0 aliphatic heterocycles. The summed E-state index contributed by atoms with van der Waals surface area (Å²) in [5.41, 5.74) is 0. The lowest BCUT2D eigenvalue weighted by atomic mass is 10.8. The Morgan fingerprint density at radius 3 is 1.75 bits per heavy atom. The van der Waals surface area contributed by atoms with Gasteiger partial charge < -0.3 is 0 Å². The summed E-state index contributed by atoms with van der Waals surface area (Å²) in [4.78, 5) is 0. The fourth-order valence-electron chi connectivity index (χ4n) is 0.105. The SMILES string of the molecule is C=CC[SH](=O)=O.Cl.Cl. The molecule has 0 radical (unpaired) electrons. The Morgan fingerprint density at radius 1 is 1.38 bits per heavy atom. The quantitative estimate of drug-likeness (QED) is 0.498. The van der Waals surface area contributed by atoms with Crippen molar-refractivity contribution in [3.63, 3.8) is 0 Å². The van der Waals surface area contributed by atoms with Crippen molar-refractivity contribution in [3.05, 3.63) is 12.7 Å². The molecule has 0 unspecified atom stereocenters. The molecular formula is C3H8Cl2O2S. The predicted molar refractivity (Wildman–Crippen MR) is 39.9 cm³/mol. The Labute approximate surface area is 62.7 Å². The van der Waals surface area contributed by atoms with Crippen LogP contribution in [0.3, 0.4) is 0 Å². The zero-order chi connectivity index (χ0) is 4.99. The Balaban J connectivity index is -0.000000125. The van der Waals surface area contributed by atoms with Gasteiger partial charge in [0.15, 0.2) is 0 Å². The van der Waals surface area contributed by atoms with E-state index in [0.29, 0.717) is 0 Å². The fourth-order valence-corrected chi connectivity index (χ4v) is 0.316. The van der Waals surface area contributed by atoms with E-state index in [1.54, 1.807) is 0 Å². The zero-order valence-corrected chi connectivity index (χ0v) is 6.60. The van der Waals surface area contributed by atoms with E-state index >= 15 is 0 Å². The molecule has 8 heavy (non-hydrogen) atoms. The minimum Gasteiger partial charge on any atom is -0.232 e. The molecule has 0 atom stereocenters. The van der Waals surface area contributed by atoms with Crippen molar-refractivity contribution >= 4 is 35.5 Å². The van der Waals surface area contributed by atoms with Gasteiger partial charge in [-0.2, -0.15) is 0 Å². The van der Waals surface area contributed by atoms with E-state index in [4.69, 9.17) is 0 Å². The monoisotopic (exact) mass is 178 g/mol. The van der Waals surface area contributed by atoms with E-state index in [1.807, 2.05) is 0 Å². The van der Waals surface area contributed by atoms with Gasteiger partial charge in [-0.15, -0.1) is 31.4 Å². The predicted octanol–water partition coefficient (Wildman–Crippen LogP) is 0.627. The molecular weight excluding hydrogens is 171 g/mol. The summed E-state index contributed by atoms with van der Waals surface area (Å²) in [6, 6.07) is 0. The van der Waals surface area contributed by atoms with E-state index in [2.05, 4.69) is 6.58 Å². The molecule has 0 aromatic heterocycles. The maximum absolute atomic E-state index is 9.57. The maximum Gasteiger partial charge on any atom is 0.143 e. The summed E-state index contributed by atoms with van der Waals surface area (Å²) in [6.07, 6.45) is 1.35. The number of hydrogen-bond donors (Lipinski definition) is 1. The average molecular weight is 179 g/mol. The summed E-state index contributed by atoms with van der Waals surface area (Å²) in [5.74, 6) is 0.0926. The molecule has 0 aliphatic rings. The van der Waals surface area contributed by atoms with Crippen LogP contribution in [0.4, 0.5) is 0 Å². The summed E-state index contributed by atoms with van der Waals surface area (Å²) in [7, 11) is -2.22. The molecule has 0 rings (SSSR count). The Bertz CT molecular complexity index is 102. The van der Waals surface area contributed by atoms with Crippen LogP contribution in [0, 0.1) is 0 Å². The van der Waals surface area contributed by atoms with Gasteiger partial charge in [-0.1, -0.05) is 6.08 Å². The lowest BCUT2D eigenvalue weighted by molar-refractivity contribution is 0.617. The van der Waals surface area contributed by atoms with Crippen LogP contribution >= 0.6 is 24.8 Å². The molecule has 2 nitrogen and oxygen atoms in total. The molecule has 0 aliphatic carbocycles. The van der Waals surface area contributed by atoms with Crippen LogP contribution in [0.2, 0.25) is 0 Å². The number of hydrogen-bond acceptors (Lipinski definition) is 2. The largest absolute Gasteiger partial charge is 0.232 e. The third-order valence-electron chi connectivity index (χ3n) is 0.278. The topological polar surface area (TPSA) is 34.1 Å². The van der Waals surface area contributed by atoms with E-state index in [1.165, 1.54) is 6.08 Å². The molecule has 0 heterocycles. The Morgan fingerprint density at radius 2 is 1.75 bits per heavy atom. The van der Waals surface area contributed by atoms with Crippen molar-refractivity contribution < 1.29 is 8.42 Å². The smallest absolute Gasteiger partial charge is 0.143 e. The van der Waals surface area contributed by atoms with Crippen molar-refractivity contribution in [3.8, 4) is 0 Å². The minimum absolute atomic E-state index is 0. The number of thiol groups is 1. The highest BCUT2D eigenvalue weighted by Gasteiger charge is 1.70. The molecule has 0 saturated carbocycles. The average Bonchev–Trinajstić information content (AvgIpc) is 1.35. The van der Waals surface area contributed by atoms with E-state index in [-0.39, 0.29) is 30.6 Å². The van der Waals surface area contributed by atoms with Gasteiger partial charge in [0, 0.05) is 0 Å². The first kappa shape index (κ1) is 15.7. The number of halogens is 2. The van der Waals surface area contributed by atoms with Gasteiger partial charge >= 0.3 is 0 Å². The molecule has 0 N–H and O–H groups in total. The fraction of sp³-hybridized carbons (Fsp3) is 0.333. The third-order valence-corrected chi connectivity index (χ3v) is 0.835. The molecule has 0 saturated heterocycles. The number of rotatable bonds is 2. The van der Waals surface area contributed by atoms with Gasteiger partial charge in [0.05, 0.1) is 5.75 Å². The highest BCUT2D eigenvalue weighted by atomic mass is 35.5. The minimum atomic E-state index is -2.22. The van der Waals surface area contributed by atoms with Gasteiger partial charge in [0.1, 0.15) is 10.7 Å². The van der Waals surface area contributed by atoms with Crippen molar-refractivity contribution in [1.82, 2.24) is 0 Å². The maximum atomic E-state index is 9.57. The second-order valence-corrected chi connectivity index (χ2v) is 1.83. The van der Waals surface area contributed by atoms with E-state index in [0.717, 1.165) is 0 Å². The van der Waals surface area contributed by atoms with Crippen molar-refractivity contribution in [2.45, 2.75) is 0 Å². The molecule has 5 heteroatoms. The van der Waals surface area contributed by atoms with E-state index in [9.17, 15) is 8.42 Å². The van der Waals surface area contributed by atoms with Crippen LogP contribution in [-0.4, -0.2) is 14.2 Å². The van der Waals surface area contributed by atoms with Gasteiger partial charge in [0.25, 0.3) is 0 Å². The first-order valence-electron chi connectivity index (χ1n) is 1.50. The molecule has 0 spiro atoms. The molecule has 0 fully saturated rings. The highest BCUT2D eigenvalue weighted by Crippen LogP contribution is 1.61. The first-order valence-corrected chi connectivity index (χ1v) is 2.86. The van der Waals surface area contributed by atoms with Crippen LogP contribution < -0.4 is 0 Å². The summed E-state index contributed by atoms with van der Waals surface area (Å²) in [5, 5.41) is 0. The summed E-state index contributed by atoms with van der Waals surface area (Å²) < 4.78 is 19.1. The Kier molecular flexibility index (Phi) is 20.2. The molecule has 52 valence electrons. The van der Waals surface area contributed by atoms with Crippen molar-refractivity contribution in [1.29, 1.82) is 0 Å². The molecule has 0 aromatic rings. The van der Waals surface area contributed by atoms with Crippen LogP contribution in [0.15, 0.2) is 12.7 Å². The van der Waals surface area contributed by atoms with Gasteiger partial charge in [-0.3, -0.25) is 0 Å².